The van der Waals surface area contributed by atoms with Crippen molar-refractivity contribution in [1.82, 2.24) is 4.90 Å². The van der Waals surface area contributed by atoms with Crippen molar-refractivity contribution < 1.29 is 0 Å². The van der Waals surface area contributed by atoms with Crippen LogP contribution in [0.4, 0.5) is 0 Å². The van der Waals surface area contributed by atoms with Crippen LogP contribution in [0.25, 0.3) is 0 Å². The first-order valence-corrected chi connectivity index (χ1v) is 6.42. The molecule has 0 fully saturated rings. The van der Waals surface area contributed by atoms with E-state index >= 15 is 0 Å². The average Bonchev–Trinajstić information content (AvgIpc) is 2.22. The zero-order chi connectivity index (χ0) is 11.9. The maximum Gasteiger partial charge on any atom is 0.0323 e. The molecule has 0 bridgehead atoms. The lowest BCUT2D eigenvalue weighted by Gasteiger charge is -2.41. The number of hydrogen-bond acceptors (Lipinski definition) is 2. The Hall–Kier alpha value is -0.0800. The molecule has 0 saturated heterocycles. The van der Waals surface area contributed by atoms with E-state index in [1.165, 1.54) is 25.7 Å². The van der Waals surface area contributed by atoms with Crippen LogP contribution in [-0.4, -0.2) is 30.6 Å². The molecule has 0 rings (SSSR count). The second kappa shape index (κ2) is 7.24. The van der Waals surface area contributed by atoms with Crippen LogP contribution in [0.3, 0.4) is 0 Å². The highest BCUT2D eigenvalue weighted by Gasteiger charge is 2.31. The van der Waals surface area contributed by atoms with E-state index in [4.69, 9.17) is 5.73 Å². The van der Waals surface area contributed by atoms with Gasteiger partial charge in [0, 0.05) is 11.6 Å². The molecule has 2 heteroatoms. The highest BCUT2D eigenvalue weighted by Crippen LogP contribution is 2.23. The summed E-state index contributed by atoms with van der Waals surface area (Å²) in [6, 6.07) is 0.300. The molecule has 0 amide bonds. The predicted octanol–water partition coefficient (Wildman–Crippen LogP) is 3.01. The summed E-state index contributed by atoms with van der Waals surface area (Å²) in [4.78, 5) is 2.28. The van der Waals surface area contributed by atoms with Crippen molar-refractivity contribution >= 4 is 0 Å². The van der Waals surface area contributed by atoms with Gasteiger partial charge < -0.3 is 10.6 Å². The fourth-order valence-corrected chi connectivity index (χ4v) is 2.01. The summed E-state index contributed by atoms with van der Waals surface area (Å²) < 4.78 is 0. The van der Waals surface area contributed by atoms with Gasteiger partial charge in [-0.15, -0.1) is 0 Å². The maximum absolute atomic E-state index is 6.30. The molecular formula is C13H30N2. The molecule has 0 aromatic carbocycles. The lowest BCUT2D eigenvalue weighted by Crippen LogP contribution is -2.54. The molecule has 2 N–H and O–H groups in total. The lowest BCUT2D eigenvalue weighted by molar-refractivity contribution is 0.126. The Morgan fingerprint density at radius 3 is 2.13 bits per heavy atom. The van der Waals surface area contributed by atoms with Gasteiger partial charge in [0.1, 0.15) is 0 Å². The summed E-state index contributed by atoms with van der Waals surface area (Å²) in [7, 11) is 4.27. The lowest BCUT2D eigenvalue weighted by atomic mass is 9.85. The molecule has 0 spiro atoms. The predicted molar refractivity (Wildman–Crippen MR) is 69.1 cm³/mol. The van der Waals surface area contributed by atoms with Gasteiger partial charge in [0.25, 0.3) is 0 Å². The van der Waals surface area contributed by atoms with Gasteiger partial charge in [0.2, 0.25) is 0 Å². The molecule has 2 atom stereocenters. The standard InChI is InChI=1S/C13H30N2/c1-6-8-9-10-11-12(14)13(3,7-2)15(4)5/h12H,6-11,14H2,1-5H3. The zero-order valence-corrected chi connectivity index (χ0v) is 11.3. The molecule has 0 aromatic rings. The van der Waals surface area contributed by atoms with E-state index in [1.807, 2.05) is 0 Å². The minimum Gasteiger partial charge on any atom is -0.326 e. The number of rotatable bonds is 8. The van der Waals surface area contributed by atoms with Gasteiger partial charge in [0.15, 0.2) is 0 Å². The van der Waals surface area contributed by atoms with Crippen molar-refractivity contribution in [3.8, 4) is 0 Å². The quantitative estimate of drug-likeness (QED) is 0.629. The molecule has 15 heavy (non-hydrogen) atoms. The van der Waals surface area contributed by atoms with Gasteiger partial charge >= 0.3 is 0 Å². The number of unbranched alkanes of at least 4 members (excludes halogenated alkanes) is 3. The molecule has 2 nitrogen and oxygen atoms in total. The summed E-state index contributed by atoms with van der Waals surface area (Å²) in [5, 5.41) is 0. The number of likely N-dealkylation sites (N-methyl/N-ethyl adjacent to an activating group) is 1. The van der Waals surface area contributed by atoms with Crippen molar-refractivity contribution in [2.45, 2.75) is 70.9 Å². The molecule has 0 radical (unpaired) electrons. The van der Waals surface area contributed by atoms with E-state index in [9.17, 15) is 0 Å². The highest BCUT2D eigenvalue weighted by atomic mass is 15.2. The van der Waals surface area contributed by atoms with Crippen LogP contribution in [0.2, 0.25) is 0 Å². The first kappa shape index (κ1) is 14.9. The molecule has 0 aliphatic heterocycles. The van der Waals surface area contributed by atoms with Gasteiger partial charge in [-0.05, 0) is 33.9 Å². The summed E-state index contributed by atoms with van der Waals surface area (Å²) in [5.74, 6) is 0. The van der Waals surface area contributed by atoms with Crippen LogP contribution >= 0.6 is 0 Å². The largest absolute Gasteiger partial charge is 0.326 e. The Bertz CT molecular complexity index is 157. The van der Waals surface area contributed by atoms with Crippen molar-refractivity contribution in [1.29, 1.82) is 0 Å². The third kappa shape index (κ3) is 4.52. The van der Waals surface area contributed by atoms with E-state index in [0.717, 1.165) is 12.8 Å². The van der Waals surface area contributed by atoms with Crippen molar-refractivity contribution in [2.24, 2.45) is 5.73 Å². The summed E-state index contributed by atoms with van der Waals surface area (Å²) in [6.45, 7) is 6.75. The third-order valence-electron chi connectivity index (χ3n) is 3.90. The molecule has 0 aliphatic carbocycles. The summed E-state index contributed by atoms with van der Waals surface area (Å²) in [5.41, 5.74) is 6.46. The Balaban J connectivity index is 3.99. The third-order valence-corrected chi connectivity index (χ3v) is 3.90. The van der Waals surface area contributed by atoms with Crippen molar-refractivity contribution in [2.75, 3.05) is 14.1 Å². The van der Waals surface area contributed by atoms with Gasteiger partial charge in [0.05, 0.1) is 0 Å². The van der Waals surface area contributed by atoms with Crippen molar-refractivity contribution in [3.05, 3.63) is 0 Å². The summed E-state index contributed by atoms with van der Waals surface area (Å²) >= 11 is 0. The first-order valence-electron chi connectivity index (χ1n) is 6.42. The Morgan fingerprint density at radius 2 is 1.73 bits per heavy atom. The Morgan fingerprint density at radius 1 is 1.13 bits per heavy atom. The van der Waals surface area contributed by atoms with Crippen LogP contribution in [0.5, 0.6) is 0 Å². The van der Waals surface area contributed by atoms with Gasteiger partial charge in [-0.25, -0.2) is 0 Å². The fourth-order valence-electron chi connectivity index (χ4n) is 2.01. The molecular weight excluding hydrogens is 184 g/mol. The second-order valence-electron chi connectivity index (χ2n) is 5.06. The topological polar surface area (TPSA) is 29.3 Å². The second-order valence-corrected chi connectivity index (χ2v) is 5.06. The van der Waals surface area contributed by atoms with E-state index < -0.39 is 0 Å². The van der Waals surface area contributed by atoms with E-state index in [-0.39, 0.29) is 5.54 Å². The Kier molecular flexibility index (Phi) is 7.20. The monoisotopic (exact) mass is 214 g/mol. The maximum atomic E-state index is 6.30. The molecule has 92 valence electrons. The van der Waals surface area contributed by atoms with Crippen LogP contribution in [0.15, 0.2) is 0 Å². The average molecular weight is 214 g/mol. The number of nitrogens with two attached hydrogens (primary N) is 1. The van der Waals surface area contributed by atoms with Gasteiger partial charge in [-0.1, -0.05) is 39.5 Å². The number of nitrogens with zero attached hydrogens (tertiary/aromatic N) is 1. The first-order chi connectivity index (χ1) is 6.99. The molecule has 0 saturated carbocycles. The highest BCUT2D eigenvalue weighted by molar-refractivity contribution is 4.91. The molecule has 0 heterocycles. The normalized spacial score (nSPS) is 17.8. The summed E-state index contributed by atoms with van der Waals surface area (Å²) in [6.07, 6.45) is 7.53. The molecule has 2 unspecified atom stereocenters. The van der Waals surface area contributed by atoms with Gasteiger partial charge in [-0.3, -0.25) is 0 Å². The van der Waals surface area contributed by atoms with Crippen LogP contribution in [-0.2, 0) is 0 Å². The zero-order valence-electron chi connectivity index (χ0n) is 11.3. The van der Waals surface area contributed by atoms with E-state index in [2.05, 4.69) is 39.8 Å². The van der Waals surface area contributed by atoms with Gasteiger partial charge in [-0.2, -0.15) is 0 Å². The SMILES string of the molecule is CCCCCCC(N)C(C)(CC)N(C)C. The molecule has 0 aliphatic rings. The van der Waals surface area contributed by atoms with Crippen LogP contribution < -0.4 is 5.73 Å². The fraction of sp³-hybridized carbons (Fsp3) is 1.00. The minimum absolute atomic E-state index is 0.159. The van der Waals surface area contributed by atoms with Crippen molar-refractivity contribution in [3.63, 3.8) is 0 Å². The number of hydrogen-bond donors (Lipinski definition) is 1. The Labute approximate surface area is 96.2 Å². The minimum atomic E-state index is 0.159. The smallest absolute Gasteiger partial charge is 0.0323 e. The van der Waals surface area contributed by atoms with E-state index in [0.29, 0.717) is 6.04 Å². The van der Waals surface area contributed by atoms with E-state index in [1.54, 1.807) is 0 Å². The van der Waals surface area contributed by atoms with Crippen LogP contribution in [0.1, 0.15) is 59.3 Å². The molecule has 0 aromatic heterocycles. The van der Waals surface area contributed by atoms with Crippen LogP contribution in [0, 0.1) is 0 Å².